The summed E-state index contributed by atoms with van der Waals surface area (Å²) in [6, 6.07) is 19.0. The summed E-state index contributed by atoms with van der Waals surface area (Å²) in [5.74, 6) is -0.528. The first-order valence-corrected chi connectivity index (χ1v) is 5.95. The van der Waals surface area contributed by atoms with Crippen LogP contribution in [-0.2, 0) is 21.2 Å². The molecule has 0 unspecified atom stereocenters. The molecule has 2 aromatic carbocycles. The summed E-state index contributed by atoms with van der Waals surface area (Å²) in [5, 5.41) is 0. The van der Waals surface area contributed by atoms with Gasteiger partial charge in [-0.2, -0.15) is 4.89 Å². The van der Waals surface area contributed by atoms with Crippen molar-refractivity contribution in [2.75, 3.05) is 0 Å². The first kappa shape index (κ1) is 13.1. The molecular weight excluding hydrogens is 240 g/mol. The SMILES string of the molecule is O=C(/C=C/c1ccccc1)OOCc1ccccc1. The van der Waals surface area contributed by atoms with E-state index in [9.17, 15) is 4.79 Å². The molecule has 0 aliphatic carbocycles. The third-order valence-electron chi connectivity index (χ3n) is 2.42. The van der Waals surface area contributed by atoms with Crippen LogP contribution in [-0.4, -0.2) is 5.97 Å². The molecule has 0 amide bonds. The quantitative estimate of drug-likeness (QED) is 0.466. The summed E-state index contributed by atoms with van der Waals surface area (Å²) < 4.78 is 0. The van der Waals surface area contributed by atoms with Gasteiger partial charge in [-0.3, -0.25) is 4.89 Å². The molecule has 2 rings (SSSR count). The third-order valence-corrected chi connectivity index (χ3v) is 2.42. The van der Waals surface area contributed by atoms with Crippen molar-refractivity contribution in [1.29, 1.82) is 0 Å². The molecule has 0 N–H and O–H groups in total. The summed E-state index contributed by atoms with van der Waals surface area (Å²) in [6.07, 6.45) is 3.01. The van der Waals surface area contributed by atoms with E-state index in [2.05, 4.69) is 4.89 Å². The molecule has 3 nitrogen and oxygen atoms in total. The highest BCUT2D eigenvalue weighted by Crippen LogP contribution is 2.03. The predicted octanol–water partition coefficient (Wildman–Crippen LogP) is 3.37. The van der Waals surface area contributed by atoms with Gasteiger partial charge in [0.25, 0.3) is 0 Å². The van der Waals surface area contributed by atoms with E-state index in [4.69, 9.17) is 4.89 Å². The standard InChI is InChI=1S/C16H14O3/c17-16(12-11-14-7-3-1-4-8-14)19-18-13-15-9-5-2-6-10-15/h1-12H,13H2/b12-11+. The van der Waals surface area contributed by atoms with Crippen molar-refractivity contribution in [2.24, 2.45) is 0 Å². The highest BCUT2D eigenvalue weighted by Gasteiger charge is 1.99. The van der Waals surface area contributed by atoms with Crippen molar-refractivity contribution < 1.29 is 14.6 Å². The molecule has 0 aromatic heterocycles. The molecule has 0 saturated carbocycles. The molecule has 0 heterocycles. The summed E-state index contributed by atoms with van der Waals surface area (Å²) in [7, 11) is 0. The maximum atomic E-state index is 11.4. The maximum absolute atomic E-state index is 11.4. The summed E-state index contributed by atoms with van der Waals surface area (Å²) in [5.41, 5.74) is 1.88. The molecule has 96 valence electrons. The number of hydrogen-bond acceptors (Lipinski definition) is 3. The molecule has 0 bridgehead atoms. The first-order chi connectivity index (χ1) is 9.34. The topological polar surface area (TPSA) is 35.5 Å². The minimum atomic E-state index is -0.528. The Morgan fingerprint density at radius 2 is 1.58 bits per heavy atom. The Morgan fingerprint density at radius 1 is 0.947 bits per heavy atom. The van der Waals surface area contributed by atoms with Crippen LogP contribution in [0.4, 0.5) is 0 Å². The largest absolute Gasteiger partial charge is 0.365 e. The number of rotatable bonds is 5. The van der Waals surface area contributed by atoms with E-state index < -0.39 is 5.97 Å². The number of hydrogen-bond donors (Lipinski definition) is 0. The maximum Gasteiger partial charge on any atom is 0.365 e. The Kier molecular flexibility index (Phi) is 4.90. The van der Waals surface area contributed by atoms with Gasteiger partial charge in [0.05, 0.1) is 0 Å². The fourth-order valence-corrected chi connectivity index (χ4v) is 1.49. The van der Waals surface area contributed by atoms with Gasteiger partial charge in [0.1, 0.15) is 6.61 Å². The zero-order valence-corrected chi connectivity index (χ0v) is 10.4. The molecule has 0 saturated heterocycles. The molecule has 3 heteroatoms. The van der Waals surface area contributed by atoms with Gasteiger partial charge in [0.15, 0.2) is 0 Å². The second-order valence-electron chi connectivity index (χ2n) is 3.89. The zero-order valence-electron chi connectivity index (χ0n) is 10.4. The van der Waals surface area contributed by atoms with Gasteiger partial charge in [-0.05, 0) is 17.2 Å². The lowest BCUT2D eigenvalue weighted by atomic mass is 10.2. The van der Waals surface area contributed by atoms with Crippen molar-refractivity contribution in [3.05, 3.63) is 77.9 Å². The van der Waals surface area contributed by atoms with E-state index in [0.717, 1.165) is 11.1 Å². The lowest BCUT2D eigenvalue weighted by Crippen LogP contribution is -2.02. The Hall–Kier alpha value is -2.39. The van der Waals surface area contributed by atoms with E-state index in [0.29, 0.717) is 0 Å². The Labute approximate surface area is 112 Å². The highest BCUT2D eigenvalue weighted by molar-refractivity contribution is 5.86. The Morgan fingerprint density at radius 3 is 2.26 bits per heavy atom. The Bertz CT molecular complexity index is 532. The van der Waals surface area contributed by atoms with Crippen LogP contribution < -0.4 is 0 Å². The van der Waals surface area contributed by atoms with E-state index in [1.165, 1.54) is 6.08 Å². The van der Waals surface area contributed by atoms with Crippen molar-refractivity contribution >= 4 is 12.0 Å². The second-order valence-corrected chi connectivity index (χ2v) is 3.89. The molecule has 2 aromatic rings. The summed E-state index contributed by atoms with van der Waals surface area (Å²) in [4.78, 5) is 20.9. The van der Waals surface area contributed by atoms with Crippen LogP contribution in [0.25, 0.3) is 6.08 Å². The normalized spacial score (nSPS) is 10.5. The van der Waals surface area contributed by atoms with Crippen LogP contribution in [0.3, 0.4) is 0 Å². The molecule has 0 aliphatic rings. The van der Waals surface area contributed by atoms with Crippen molar-refractivity contribution in [3.63, 3.8) is 0 Å². The molecule has 0 aliphatic heterocycles. The molecular formula is C16H14O3. The molecule has 0 atom stereocenters. The lowest BCUT2D eigenvalue weighted by Gasteiger charge is -2.01. The lowest BCUT2D eigenvalue weighted by molar-refractivity contribution is -0.275. The van der Waals surface area contributed by atoms with Crippen LogP contribution >= 0.6 is 0 Å². The third kappa shape index (κ3) is 4.77. The van der Waals surface area contributed by atoms with Gasteiger partial charge in [-0.1, -0.05) is 60.7 Å². The van der Waals surface area contributed by atoms with E-state index in [1.54, 1.807) is 6.08 Å². The van der Waals surface area contributed by atoms with Crippen LogP contribution in [0.2, 0.25) is 0 Å². The second kappa shape index (κ2) is 7.13. The first-order valence-electron chi connectivity index (χ1n) is 5.95. The molecule has 0 fully saturated rings. The number of carbonyl (C=O) groups excluding carboxylic acids is 1. The fraction of sp³-hybridized carbons (Fsp3) is 0.0625. The van der Waals surface area contributed by atoms with Crippen molar-refractivity contribution in [2.45, 2.75) is 6.61 Å². The van der Waals surface area contributed by atoms with E-state index in [-0.39, 0.29) is 6.61 Å². The van der Waals surface area contributed by atoms with E-state index in [1.807, 2.05) is 60.7 Å². The summed E-state index contributed by atoms with van der Waals surface area (Å²) >= 11 is 0. The van der Waals surface area contributed by atoms with Gasteiger partial charge < -0.3 is 0 Å². The number of benzene rings is 2. The van der Waals surface area contributed by atoms with Gasteiger partial charge in [-0.25, -0.2) is 4.79 Å². The highest BCUT2D eigenvalue weighted by atomic mass is 17.2. The average Bonchev–Trinajstić information content (AvgIpc) is 2.47. The fourth-order valence-electron chi connectivity index (χ4n) is 1.49. The monoisotopic (exact) mass is 254 g/mol. The molecule has 19 heavy (non-hydrogen) atoms. The van der Waals surface area contributed by atoms with Crippen molar-refractivity contribution in [1.82, 2.24) is 0 Å². The average molecular weight is 254 g/mol. The minimum Gasteiger partial charge on any atom is -0.293 e. The van der Waals surface area contributed by atoms with Gasteiger partial charge in [0, 0.05) is 6.08 Å². The predicted molar refractivity (Wildman–Crippen MR) is 72.8 cm³/mol. The van der Waals surface area contributed by atoms with Gasteiger partial charge >= 0.3 is 5.97 Å². The summed E-state index contributed by atoms with van der Waals surface area (Å²) in [6.45, 7) is 0.242. The molecule has 0 radical (unpaired) electrons. The zero-order chi connectivity index (χ0) is 13.3. The van der Waals surface area contributed by atoms with Crippen LogP contribution in [0, 0.1) is 0 Å². The number of carbonyl (C=O) groups is 1. The molecule has 0 spiro atoms. The van der Waals surface area contributed by atoms with E-state index >= 15 is 0 Å². The smallest absolute Gasteiger partial charge is 0.293 e. The van der Waals surface area contributed by atoms with Gasteiger partial charge in [0.2, 0.25) is 0 Å². The minimum absolute atomic E-state index is 0.242. The van der Waals surface area contributed by atoms with Crippen LogP contribution in [0.1, 0.15) is 11.1 Å². The van der Waals surface area contributed by atoms with Gasteiger partial charge in [-0.15, -0.1) is 0 Å². The Balaban J connectivity index is 1.75. The van der Waals surface area contributed by atoms with Crippen LogP contribution in [0.5, 0.6) is 0 Å². The van der Waals surface area contributed by atoms with Crippen molar-refractivity contribution in [3.8, 4) is 0 Å². The van der Waals surface area contributed by atoms with Crippen LogP contribution in [0.15, 0.2) is 66.7 Å².